The molecule has 0 saturated carbocycles. The van der Waals surface area contributed by atoms with Gasteiger partial charge in [-0.25, -0.2) is 0 Å². The summed E-state index contributed by atoms with van der Waals surface area (Å²) in [5, 5.41) is 17.6. The highest BCUT2D eigenvalue weighted by molar-refractivity contribution is 5.69. The first-order valence-corrected chi connectivity index (χ1v) is 4.16. The number of carbonyl (C=O) groups is 1. The van der Waals surface area contributed by atoms with Crippen LogP contribution in [0.5, 0.6) is 0 Å². The first kappa shape index (κ1) is 12.3. The Morgan fingerprint density at radius 2 is 2.15 bits per heavy atom. The second kappa shape index (κ2) is 6.82. The smallest absolute Gasteiger partial charge is 0.308 e. The van der Waals surface area contributed by atoms with Gasteiger partial charge in [0.05, 0.1) is 6.61 Å². The van der Waals surface area contributed by atoms with E-state index >= 15 is 0 Å². The number of esters is 1. The van der Waals surface area contributed by atoms with E-state index in [-0.39, 0.29) is 6.42 Å². The van der Waals surface area contributed by atoms with Crippen LogP contribution in [0.15, 0.2) is 0 Å². The Morgan fingerprint density at radius 1 is 1.54 bits per heavy atom. The average Bonchev–Trinajstić information content (AvgIpc) is 2.13. The first-order chi connectivity index (χ1) is 6.15. The third kappa shape index (κ3) is 4.82. The van der Waals surface area contributed by atoms with Crippen LogP contribution in [0.25, 0.3) is 0 Å². The van der Waals surface area contributed by atoms with E-state index in [9.17, 15) is 4.79 Å². The van der Waals surface area contributed by atoms with Crippen LogP contribution in [0.4, 0.5) is 0 Å². The van der Waals surface area contributed by atoms with Crippen molar-refractivity contribution in [1.29, 1.82) is 0 Å². The Bertz CT molecular complexity index is 147. The van der Waals surface area contributed by atoms with Crippen LogP contribution in [-0.4, -0.2) is 42.3 Å². The van der Waals surface area contributed by atoms with Gasteiger partial charge in [-0.1, -0.05) is 6.92 Å². The molecule has 0 rings (SSSR count). The van der Waals surface area contributed by atoms with Crippen LogP contribution in [0.1, 0.15) is 19.8 Å². The summed E-state index contributed by atoms with van der Waals surface area (Å²) in [5.41, 5.74) is 0. The van der Waals surface area contributed by atoms with E-state index in [2.05, 4.69) is 4.74 Å². The summed E-state index contributed by atoms with van der Waals surface area (Å²) >= 11 is 0. The van der Waals surface area contributed by atoms with Gasteiger partial charge in [0.2, 0.25) is 6.29 Å². The molecule has 2 atom stereocenters. The summed E-state index contributed by atoms with van der Waals surface area (Å²) in [6, 6.07) is 0. The van der Waals surface area contributed by atoms with Crippen LogP contribution >= 0.6 is 0 Å². The number of hydrogen-bond acceptors (Lipinski definition) is 5. The normalized spacial score (nSPS) is 15.1. The predicted octanol–water partition coefficient (Wildman–Crippen LogP) is -0.345. The van der Waals surface area contributed by atoms with E-state index < -0.39 is 25.0 Å². The number of methoxy groups -OCH3 is 1. The van der Waals surface area contributed by atoms with Gasteiger partial charge in [0.1, 0.15) is 6.10 Å². The fourth-order valence-corrected chi connectivity index (χ4v) is 0.762. The van der Waals surface area contributed by atoms with Crippen molar-refractivity contribution >= 4 is 5.97 Å². The molecular formula is C8H16O5. The fourth-order valence-electron chi connectivity index (χ4n) is 0.762. The van der Waals surface area contributed by atoms with Crippen molar-refractivity contribution in [3.05, 3.63) is 0 Å². The molecule has 0 heterocycles. The molecule has 0 fully saturated rings. The van der Waals surface area contributed by atoms with Crippen molar-refractivity contribution in [2.75, 3.05) is 13.7 Å². The Hall–Kier alpha value is -0.650. The van der Waals surface area contributed by atoms with Crippen LogP contribution in [-0.2, 0) is 14.3 Å². The summed E-state index contributed by atoms with van der Waals surface area (Å²) in [4.78, 5) is 10.9. The first-order valence-electron chi connectivity index (χ1n) is 4.16. The van der Waals surface area contributed by atoms with Gasteiger partial charge in [-0.3, -0.25) is 4.79 Å². The van der Waals surface area contributed by atoms with Crippen molar-refractivity contribution in [3.8, 4) is 0 Å². The van der Waals surface area contributed by atoms with Crippen molar-refractivity contribution in [2.45, 2.75) is 32.2 Å². The molecule has 13 heavy (non-hydrogen) atoms. The monoisotopic (exact) mass is 192 g/mol. The molecule has 0 aliphatic carbocycles. The number of rotatable bonds is 6. The third-order valence-electron chi connectivity index (χ3n) is 1.44. The highest BCUT2D eigenvalue weighted by Crippen LogP contribution is 2.03. The lowest BCUT2D eigenvalue weighted by molar-refractivity contribution is -0.199. The van der Waals surface area contributed by atoms with Gasteiger partial charge in [-0.15, -0.1) is 0 Å². The molecule has 0 aliphatic heterocycles. The molecule has 0 amide bonds. The number of carbonyl (C=O) groups excluding carboxylic acids is 1. The lowest BCUT2D eigenvalue weighted by Gasteiger charge is -2.19. The standard InChI is InChI=1S/C8H16O5/c1-3-4-7(11)13-8(12-2)6(10)5-9/h6,8-10H,3-5H2,1-2H3. The average molecular weight is 192 g/mol. The maximum atomic E-state index is 10.9. The van der Waals surface area contributed by atoms with E-state index in [0.717, 1.165) is 0 Å². The highest BCUT2D eigenvalue weighted by Gasteiger charge is 2.21. The molecule has 0 aromatic rings. The van der Waals surface area contributed by atoms with Crippen molar-refractivity contribution in [1.82, 2.24) is 0 Å². The summed E-state index contributed by atoms with van der Waals surface area (Å²) in [5.74, 6) is -0.443. The molecule has 0 radical (unpaired) electrons. The molecule has 78 valence electrons. The molecule has 0 aliphatic rings. The zero-order valence-electron chi connectivity index (χ0n) is 7.90. The lowest BCUT2D eigenvalue weighted by atomic mass is 10.3. The predicted molar refractivity (Wildman–Crippen MR) is 44.9 cm³/mol. The Labute approximate surface area is 77.3 Å². The summed E-state index contributed by atoms with van der Waals surface area (Å²) < 4.78 is 9.39. The van der Waals surface area contributed by atoms with Crippen LogP contribution in [0.2, 0.25) is 0 Å². The summed E-state index contributed by atoms with van der Waals surface area (Å²) in [7, 11) is 1.29. The van der Waals surface area contributed by atoms with E-state index in [1.807, 2.05) is 6.92 Å². The molecule has 5 nitrogen and oxygen atoms in total. The quantitative estimate of drug-likeness (QED) is 0.444. The minimum Gasteiger partial charge on any atom is -0.433 e. The van der Waals surface area contributed by atoms with E-state index in [1.54, 1.807) is 0 Å². The van der Waals surface area contributed by atoms with Crippen LogP contribution in [0.3, 0.4) is 0 Å². The van der Waals surface area contributed by atoms with Gasteiger partial charge in [0, 0.05) is 13.5 Å². The van der Waals surface area contributed by atoms with Crippen LogP contribution < -0.4 is 0 Å². The van der Waals surface area contributed by atoms with Crippen molar-refractivity contribution < 1.29 is 24.5 Å². The SMILES string of the molecule is CCCC(=O)OC(OC)C(O)CO. The fraction of sp³-hybridized carbons (Fsp3) is 0.875. The molecule has 0 saturated heterocycles. The molecule has 2 unspecified atom stereocenters. The number of aliphatic hydroxyl groups is 2. The summed E-state index contributed by atoms with van der Waals surface area (Å²) in [6.07, 6.45) is -1.32. The highest BCUT2D eigenvalue weighted by atomic mass is 16.7. The summed E-state index contributed by atoms with van der Waals surface area (Å²) in [6.45, 7) is 1.34. The Kier molecular flexibility index (Phi) is 6.48. The molecule has 0 aromatic heterocycles. The minimum atomic E-state index is -1.19. The van der Waals surface area contributed by atoms with Crippen LogP contribution in [0, 0.1) is 0 Å². The largest absolute Gasteiger partial charge is 0.433 e. The van der Waals surface area contributed by atoms with E-state index in [4.69, 9.17) is 14.9 Å². The number of ether oxygens (including phenoxy) is 2. The maximum Gasteiger partial charge on any atom is 0.308 e. The van der Waals surface area contributed by atoms with Gasteiger partial charge < -0.3 is 19.7 Å². The zero-order chi connectivity index (χ0) is 10.3. The maximum absolute atomic E-state index is 10.9. The lowest BCUT2D eigenvalue weighted by Crippen LogP contribution is -2.35. The molecule has 0 aromatic carbocycles. The number of hydrogen-bond donors (Lipinski definition) is 2. The van der Waals surface area contributed by atoms with Gasteiger partial charge in [-0.2, -0.15) is 0 Å². The minimum absolute atomic E-state index is 0.276. The molecule has 0 bridgehead atoms. The molecule has 0 spiro atoms. The molecule has 5 heteroatoms. The Balaban J connectivity index is 3.89. The topological polar surface area (TPSA) is 76.0 Å². The van der Waals surface area contributed by atoms with E-state index in [1.165, 1.54) is 7.11 Å². The van der Waals surface area contributed by atoms with E-state index in [0.29, 0.717) is 6.42 Å². The molecular weight excluding hydrogens is 176 g/mol. The second-order valence-electron chi connectivity index (χ2n) is 2.59. The number of aliphatic hydroxyl groups excluding tert-OH is 2. The third-order valence-corrected chi connectivity index (χ3v) is 1.44. The van der Waals surface area contributed by atoms with Gasteiger partial charge in [0.25, 0.3) is 0 Å². The van der Waals surface area contributed by atoms with Crippen molar-refractivity contribution in [3.63, 3.8) is 0 Å². The second-order valence-corrected chi connectivity index (χ2v) is 2.59. The van der Waals surface area contributed by atoms with Gasteiger partial charge in [-0.05, 0) is 6.42 Å². The zero-order valence-corrected chi connectivity index (χ0v) is 7.90. The van der Waals surface area contributed by atoms with Gasteiger partial charge in [0.15, 0.2) is 0 Å². The van der Waals surface area contributed by atoms with Gasteiger partial charge >= 0.3 is 5.97 Å². The Morgan fingerprint density at radius 3 is 2.54 bits per heavy atom. The van der Waals surface area contributed by atoms with Crippen molar-refractivity contribution in [2.24, 2.45) is 0 Å². The molecule has 2 N–H and O–H groups in total.